The molecule has 2 heterocycles. The Morgan fingerprint density at radius 1 is 1.12 bits per heavy atom. The molecular formula is C20H25N3O. The van der Waals surface area contributed by atoms with Crippen LogP contribution in [-0.4, -0.2) is 28.7 Å². The molecule has 0 radical (unpaired) electrons. The van der Waals surface area contributed by atoms with Crippen LogP contribution >= 0.6 is 0 Å². The van der Waals surface area contributed by atoms with Gasteiger partial charge in [-0.25, -0.2) is 0 Å². The van der Waals surface area contributed by atoms with E-state index >= 15 is 0 Å². The summed E-state index contributed by atoms with van der Waals surface area (Å²) in [6.45, 7) is 6.38. The number of allylic oxidation sites excluding steroid dienone is 1. The first kappa shape index (κ1) is 16.5. The highest BCUT2D eigenvalue weighted by molar-refractivity contribution is 6.06. The molecule has 1 aliphatic heterocycles. The van der Waals surface area contributed by atoms with Gasteiger partial charge < -0.3 is 4.90 Å². The van der Waals surface area contributed by atoms with Crippen LogP contribution in [-0.2, 0) is 0 Å². The topological polar surface area (TPSA) is 38.1 Å². The van der Waals surface area contributed by atoms with E-state index in [1.54, 1.807) is 23.2 Å². The van der Waals surface area contributed by atoms with Crippen LogP contribution in [0.3, 0.4) is 0 Å². The Morgan fingerprint density at radius 2 is 1.83 bits per heavy atom. The van der Waals surface area contributed by atoms with Crippen molar-refractivity contribution in [3.63, 3.8) is 0 Å². The van der Waals surface area contributed by atoms with Gasteiger partial charge in [-0.15, -0.1) is 0 Å². The van der Waals surface area contributed by atoms with Crippen LogP contribution < -0.4 is 4.90 Å². The smallest absolute Gasteiger partial charge is 0.189 e. The highest BCUT2D eigenvalue weighted by Gasteiger charge is 2.10. The first-order valence-corrected chi connectivity index (χ1v) is 8.75. The van der Waals surface area contributed by atoms with Crippen molar-refractivity contribution < 1.29 is 4.79 Å². The van der Waals surface area contributed by atoms with Crippen molar-refractivity contribution in [2.24, 2.45) is 0 Å². The first-order chi connectivity index (χ1) is 11.6. The maximum absolute atomic E-state index is 12.2. The maximum atomic E-state index is 12.2. The van der Waals surface area contributed by atoms with Gasteiger partial charge in [-0.3, -0.25) is 9.48 Å². The lowest BCUT2D eigenvalue weighted by Crippen LogP contribution is -2.29. The largest absolute Gasteiger partial charge is 0.372 e. The molecule has 4 heteroatoms. The molecule has 3 rings (SSSR count). The van der Waals surface area contributed by atoms with Crippen LogP contribution in [0.4, 0.5) is 5.69 Å². The highest BCUT2D eigenvalue weighted by Crippen LogP contribution is 2.20. The molecule has 126 valence electrons. The zero-order chi connectivity index (χ0) is 16.9. The second-order valence-electron chi connectivity index (χ2n) is 6.64. The molecule has 0 bridgehead atoms. The van der Waals surface area contributed by atoms with Gasteiger partial charge in [0.15, 0.2) is 5.78 Å². The predicted molar refractivity (Wildman–Crippen MR) is 98.5 cm³/mol. The lowest BCUT2D eigenvalue weighted by Gasteiger charge is -2.28. The summed E-state index contributed by atoms with van der Waals surface area (Å²) in [6, 6.07) is 8.70. The molecule has 2 aromatic rings. The van der Waals surface area contributed by atoms with Crippen LogP contribution in [0.15, 0.2) is 42.7 Å². The number of piperidine rings is 1. The molecule has 0 unspecified atom stereocenters. The van der Waals surface area contributed by atoms with Crippen molar-refractivity contribution in [2.75, 3.05) is 18.0 Å². The van der Waals surface area contributed by atoms with Gasteiger partial charge in [-0.05, 0) is 56.9 Å². The van der Waals surface area contributed by atoms with Crippen LogP contribution in [0, 0.1) is 0 Å². The summed E-state index contributed by atoms with van der Waals surface area (Å²) < 4.78 is 1.80. The highest BCUT2D eigenvalue weighted by atomic mass is 16.1. The molecule has 0 atom stereocenters. The molecule has 0 saturated carbocycles. The van der Waals surface area contributed by atoms with Gasteiger partial charge in [0.25, 0.3) is 0 Å². The first-order valence-electron chi connectivity index (χ1n) is 8.75. The van der Waals surface area contributed by atoms with Gasteiger partial charge in [0.2, 0.25) is 0 Å². The zero-order valence-corrected chi connectivity index (χ0v) is 14.5. The number of carbonyl (C=O) groups is 1. The predicted octanol–water partition coefficient (Wildman–Crippen LogP) is 4.35. The summed E-state index contributed by atoms with van der Waals surface area (Å²) in [4.78, 5) is 14.7. The van der Waals surface area contributed by atoms with E-state index in [4.69, 9.17) is 0 Å². The van der Waals surface area contributed by atoms with Gasteiger partial charge in [0, 0.05) is 31.0 Å². The number of aromatic nitrogens is 2. The molecule has 1 aliphatic rings. The normalized spacial score (nSPS) is 15.4. The summed E-state index contributed by atoms with van der Waals surface area (Å²) in [5.41, 5.74) is 2.95. The van der Waals surface area contributed by atoms with Crippen LogP contribution in [0.2, 0.25) is 0 Å². The lowest BCUT2D eigenvalue weighted by molar-refractivity contribution is 0.104. The molecule has 4 nitrogen and oxygen atoms in total. The van der Waals surface area contributed by atoms with E-state index < -0.39 is 0 Å². The molecule has 1 saturated heterocycles. The van der Waals surface area contributed by atoms with E-state index in [0.29, 0.717) is 5.56 Å². The minimum atomic E-state index is -0.0120. The lowest BCUT2D eigenvalue weighted by atomic mass is 10.1. The third-order valence-corrected chi connectivity index (χ3v) is 4.46. The number of rotatable bonds is 5. The molecule has 24 heavy (non-hydrogen) atoms. The fourth-order valence-electron chi connectivity index (χ4n) is 2.96. The summed E-state index contributed by atoms with van der Waals surface area (Å²) in [6.07, 6.45) is 10.8. The number of nitrogens with zero attached hydrogens (tertiary/aromatic N) is 3. The van der Waals surface area contributed by atoms with Gasteiger partial charge in [0.05, 0.1) is 11.8 Å². The Bertz CT molecular complexity index is 707. The van der Waals surface area contributed by atoms with Crippen molar-refractivity contribution in [2.45, 2.75) is 39.2 Å². The summed E-state index contributed by atoms with van der Waals surface area (Å²) >= 11 is 0. The Labute approximate surface area is 143 Å². The average Bonchev–Trinajstić information content (AvgIpc) is 3.11. The van der Waals surface area contributed by atoms with Crippen LogP contribution in [0.1, 0.15) is 55.1 Å². The standard InChI is InChI=1S/C20H25N3O/c1-16(2)23-15-18(14-21-23)20(24)11-8-17-6-9-19(10-7-17)22-12-4-3-5-13-22/h6-11,14-16H,3-5,12-13H2,1-2H3/b11-8+. The van der Waals surface area contributed by atoms with Crippen molar-refractivity contribution >= 4 is 17.5 Å². The minimum absolute atomic E-state index is 0.0120. The molecule has 1 fully saturated rings. The molecular weight excluding hydrogens is 298 g/mol. The second-order valence-corrected chi connectivity index (χ2v) is 6.64. The van der Waals surface area contributed by atoms with Crippen molar-refractivity contribution in [1.29, 1.82) is 0 Å². The van der Waals surface area contributed by atoms with Crippen molar-refractivity contribution in [3.8, 4) is 0 Å². The van der Waals surface area contributed by atoms with E-state index in [-0.39, 0.29) is 11.8 Å². The SMILES string of the molecule is CC(C)n1cc(C(=O)/C=C/c2ccc(N3CCCCC3)cc2)cn1. The number of hydrogen-bond acceptors (Lipinski definition) is 3. The third-order valence-electron chi connectivity index (χ3n) is 4.46. The quantitative estimate of drug-likeness (QED) is 0.606. The number of ketones is 1. The minimum Gasteiger partial charge on any atom is -0.372 e. The molecule has 0 N–H and O–H groups in total. The van der Waals surface area contributed by atoms with E-state index in [2.05, 4.69) is 34.3 Å². The maximum Gasteiger partial charge on any atom is 0.189 e. The molecule has 1 aromatic carbocycles. The Hall–Kier alpha value is -2.36. The van der Waals surface area contributed by atoms with E-state index in [1.807, 2.05) is 19.9 Å². The summed E-state index contributed by atoms with van der Waals surface area (Å²) in [5, 5.41) is 4.21. The zero-order valence-electron chi connectivity index (χ0n) is 14.5. The molecule has 1 aromatic heterocycles. The fraction of sp³-hybridized carbons (Fsp3) is 0.400. The molecule has 0 amide bonds. The number of carbonyl (C=O) groups excluding carboxylic acids is 1. The van der Waals surface area contributed by atoms with Gasteiger partial charge >= 0.3 is 0 Å². The second kappa shape index (κ2) is 7.47. The van der Waals surface area contributed by atoms with E-state index in [1.165, 1.54) is 24.9 Å². The Balaban J connectivity index is 1.64. The van der Waals surface area contributed by atoms with Crippen molar-refractivity contribution in [1.82, 2.24) is 9.78 Å². The summed E-state index contributed by atoms with van der Waals surface area (Å²) in [5.74, 6) is -0.0120. The Kier molecular flexibility index (Phi) is 5.14. The fourth-order valence-corrected chi connectivity index (χ4v) is 2.96. The number of anilines is 1. The molecule has 0 aliphatic carbocycles. The number of benzene rings is 1. The van der Waals surface area contributed by atoms with Gasteiger partial charge in [0.1, 0.15) is 0 Å². The van der Waals surface area contributed by atoms with Gasteiger partial charge in [-0.2, -0.15) is 5.10 Å². The molecule has 0 spiro atoms. The average molecular weight is 323 g/mol. The third kappa shape index (κ3) is 3.94. The summed E-state index contributed by atoms with van der Waals surface area (Å²) in [7, 11) is 0. The monoisotopic (exact) mass is 323 g/mol. The Morgan fingerprint density at radius 3 is 2.46 bits per heavy atom. The van der Waals surface area contributed by atoms with Crippen LogP contribution in [0.25, 0.3) is 6.08 Å². The van der Waals surface area contributed by atoms with Crippen LogP contribution in [0.5, 0.6) is 0 Å². The van der Waals surface area contributed by atoms with Gasteiger partial charge in [-0.1, -0.05) is 18.2 Å². The number of hydrogen-bond donors (Lipinski definition) is 0. The van der Waals surface area contributed by atoms with E-state index in [0.717, 1.165) is 18.7 Å². The van der Waals surface area contributed by atoms with E-state index in [9.17, 15) is 4.79 Å². The van der Waals surface area contributed by atoms with Crippen molar-refractivity contribution in [3.05, 3.63) is 53.9 Å².